The first-order valence-corrected chi connectivity index (χ1v) is 13.7. The number of rotatable bonds is 10. The van der Waals surface area contributed by atoms with E-state index in [-0.39, 0.29) is 36.4 Å². The second kappa shape index (κ2) is 9.90. The quantitative estimate of drug-likeness (QED) is 0.438. The highest BCUT2D eigenvalue weighted by Gasteiger charge is 2.79. The number of amides is 2. The van der Waals surface area contributed by atoms with E-state index in [1.165, 1.54) is 0 Å². The van der Waals surface area contributed by atoms with Crippen LogP contribution in [0.15, 0.2) is 0 Å². The van der Waals surface area contributed by atoms with Gasteiger partial charge in [0.05, 0.1) is 30.8 Å². The zero-order valence-electron chi connectivity index (χ0n) is 23.8. The SMILES string of the molecule is CCOC(=O)[C@@H]1[C@H]2C(=O)N([C@@H](CO)CC(C)C)C(C(=O)NC(C)(C)CC(C)(C)C)C23CC[C@@]1(CC)O3. The van der Waals surface area contributed by atoms with Crippen LogP contribution in [0.2, 0.25) is 0 Å². The average molecular weight is 509 g/mol. The number of ether oxygens (including phenoxy) is 2. The zero-order chi connectivity index (χ0) is 27.3. The minimum atomic E-state index is -1.11. The highest BCUT2D eigenvalue weighted by atomic mass is 16.6. The van der Waals surface area contributed by atoms with E-state index in [9.17, 15) is 19.5 Å². The summed E-state index contributed by atoms with van der Waals surface area (Å²) in [5.74, 6) is -2.35. The number of aliphatic hydroxyl groups excluding tert-OH is 1. The van der Waals surface area contributed by atoms with E-state index in [2.05, 4.69) is 26.1 Å². The van der Waals surface area contributed by atoms with E-state index < -0.39 is 46.6 Å². The molecule has 8 heteroatoms. The van der Waals surface area contributed by atoms with Crippen LogP contribution in [0.5, 0.6) is 0 Å². The molecule has 36 heavy (non-hydrogen) atoms. The van der Waals surface area contributed by atoms with Gasteiger partial charge >= 0.3 is 5.97 Å². The minimum Gasteiger partial charge on any atom is -0.466 e. The second-order valence-corrected chi connectivity index (χ2v) is 13.4. The number of carbonyl (C=O) groups is 3. The van der Waals surface area contributed by atoms with Gasteiger partial charge < -0.3 is 24.8 Å². The van der Waals surface area contributed by atoms with E-state index in [4.69, 9.17) is 9.47 Å². The lowest BCUT2D eigenvalue weighted by atomic mass is 9.65. The molecule has 2 N–H and O–H groups in total. The Morgan fingerprint density at radius 3 is 2.33 bits per heavy atom. The number of nitrogens with zero attached hydrogens (tertiary/aromatic N) is 1. The van der Waals surface area contributed by atoms with Crippen molar-refractivity contribution in [1.29, 1.82) is 0 Å². The lowest BCUT2D eigenvalue weighted by Crippen LogP contribution is -2.61. The van der Waals surface area contributed by atoms with Crippen LogP contribution in [-0.2, 0) is 23.9 Å². The summed E-state index contributed by atoms with van der Waals surface area (Å²) in [5, 5.41) is 13.6. The lowest BCUT2D eigenvalue weighted by molar-refractivity contribution is -0.162. The molecule has 3 saturated heterocycles. The lowest BCUT2D eigenvalue weighted by Gasteiger charge is -2.40. The van der Waals surface area contributed by atoms with Crippen molar-refractivity contribution in [2.45, 2.75) is 123 Å². The van der Waals surface area contributed by atoms with Crippen LogP contribution in [0.25, 0.3) is 0 Å². The molecule has 2 bridgehead atoms. The highest BCUT2D eigenvalue weighted by molar-refractivity contribution is 5.99. The molecule has 1 spiro atoms. The van der Waals surface area contributed by atoms with Crippen LogP contribution in [0.1, 0.15) is 94.4 Å². The van der Waals surface area contributed by atoms with Crippen LogP contribution >= 0.6 is 0 Å². The molecular formula is C28H48N2O6. The van der Waals surface area contributed by atoms with Gasteiger partial charge in [0.25, 0.3) is 0 Å². The Labute approximate surface area is 216 Å². The summed E-state index contributed by atoms with van der Waals surface area (Å²) < 4.78 is 12.2. The maximum atomic E-state index is 14.2. The Morgan fingerprint density at radius 1 is 1.19 bits per heavy atom. The molecule has 0 aromatic rings. The van der Waals surface area contributed by atoms with Gasteiger partial charge in [0.15, 0.2) is 0 Å². The number of likely N-dealkylation sites (tertiary alicyclic amines) is 1. The summed E-state index contributed by atoms with van der Waals surface area (Å²) in [6, 6.07) is -1.46. The molecule has 6 atom stereocenters. The molecule has 2 unspecified atom stereocenters. The number of hydrogen-bond acceptors (Lipinski definition) is 6. The number of aliphatic hydroxyl groups is 1. The van der Waals surface area contributed by atoms with E-state index in [0.29, 0.717) is 25.7 Å². The van der Waals surface area contributed by atoms with E-state index in [1.807, 2.05) is 34.6 Å². The van der Waals surface area contributed by atoms with Crippen LogP contribution in [0.3, 0.4) is 0 Å². The largest absolute Gasteiger partial charge is 0.466 e. The van der Waals surface area contributed by atoms with Gasteiger partial charge in [-0.2, -0.15) is 0 Å². The number of nitrogens with one attached hydrogen (secondary N) is 1. The summed E-state index contributed by atoms with van der Waals surface area (Å²) >= 11 is 0. The van der Waals surface area contributed by atoms with Gasteiger partial charge in [-0.05, 0) is 64.2 Å². The van der Waals surface area contributed by atoms with E-state index in [0.717, 1.165) is 6.42 Å². The molecule has 3 rings (SSSR count). The third-order valence-corrected chi connectivity index (χ3v) is 8.19. The van der Waals surface area contributed by atoms with Crippen molar-refractivity contribution in [2.24, 2.45) is 23.2 Å². The number of esters is 1. The summed E-state index contributed by atoms with van der Waals surface area (Å²) in [7, 11) is 0. The molecule has 3 fully saturated rings. The number of fused-ring (bicyclic) bond motifs is 1. The first kappa shape index (κ1) is 28.9. The van der Waals surface area contributed by atoms with Crippen molar-refractivity contribution in [3.63, 3.8) is 0 Å². The molecule has 0 aromatic carbocycles. The van der Waals surface area contributed by atoms with Crippen LogP contribution in [-0.4, -0.2) is 69.8 Å². The fraction of sp³-hybridized carbons (Fsp3) is 0.893. The van der Waals surface area contributed by atoms with Crippen LogP contribution in [0.4, 0.5) is 0 Å². The summed E-state index contributed by atoms with van der Waals surface area (Å²) in [5.41, 5.74) is -2.47. The van der Waals surface area contributed by atoms with Crippen molar-refractivity contribution in [2.75, 3.05) is 13.2 Å². The Bertz CT molecular complexity index is 865. The van der Waals surface area contributed by atoms with Crippen molar-refractivity contribution in [3.8, 4) is 0 Å². The molecule has 0 aromatic heterocycles. The molecule has 0 saturated carbocycles. The van der Waals surface area contributed by atoms with Gasteiger partial charge in [-0.1, -0.05) is 41.5 Å². The number of hydrogen-bond donors (Lipinski definition) is 2. The van der Waals surface area contributed by atoms with E-state index >= 15 is 0 Å². The molecule has 3 heterocycles. The monoisotopic (exact) mass is 508 g/mol. The van der Waals surface area contributed by atoms with Gasteiger partial charge in [0, 0.05) is 5.54 Å². The average Bonchev–Trinajstić information content (AvgIpc) is 3.33. The Kier molecular flexibility index (Phi) is 7.94. The summed E-state index contributed by atoms with van der Waals surface area (Å²) in [6.45, 7) is 18.1. The maximum Gasteiger partial charge on any atom is 0.312 e. The van der Waals surface area contributed by atoms with Gasteiger partial charge in [0.2, 0.25) is 11.8 Å². The van der Waals surface area contributed by atoms with Crippen molar-refractivity contribution in [3.05, 3.63) is 0 Å². The molecule has 3 aliphatic heterocycles. The predicted octanol–water partition coefficient (Wildman–Crippen LogP) is 3.44. The fourth-order valence-corrected chi connectivity index (χ4v) is 7.53. The van der Waals surface area contributed by atoms with Gasteiger partial charge in [-0.15, -0.1) is 0 Å². The standard InChI is InChI=1S/C28H48N2O6/c1-10-27-12-13-28(36-27)19(20(27)24(34)35-11-2)23(33)30(18(15-31)14-17(3)4)21(28)22(32)29-26(8,9)16-25(5,6)7/h17-21,31H,10-16H2,1-9H3,(H,29,32)/t18-,19+,20+,21?,27-,28?/m1/s1. The minimum absolute atomic E-state index is 0.0162. The van der Waals surface area contributed by atoms with Crippen LogP contribution in [0, 0.1) is 23.2 Å². The van der Waals surface area contributed by atoms with Gasteiger partial charge in [0.1, 0.15) is 17.6 Å². The Balaban J connectivity index is 2.10. The molecule has 0 aliphatic carbocycles. The Morgan fingerprint density at radius 2 is 1.83 bits per heavy atom. The first-order valence-electron chi connectivity index (χ1n) is 13.7. The molecular weight excluding hydrogens is 460 g/mol. The maximum absolute atomic E-state index is 14.2. The van der Waals surface area contributed by atoms with Crippen molar-refractivity contribution < 1.29 is 29.0 Å². The topological polar surface area (TPSA) is 105 Å². The first-order chi connectivity index (χ1) is 16.6. The van der Waals surface area contributed by atoms with E-state index in [1.54, 1.807) is 11.8 Å². The number of carbonyl (C=O) groups excluding carboxylic acids is 3. The van der Waals surface area contributed by atoms with Crippen molar-refractivity contribution >= 4 is 17.8 Å². The molecule has 3 aliphatic rings. The zero-order valence-corrected chi connectivity index (χ0v) is 23.8. The normalized spacial score (nSPS) is 32.7. The molecule has 0 radical (unpaired) electrons. The fourth-order valence-electron chi connectivity index (χ4n) is 7.53. The smallest absolute Gasteiger partial charge is 0.312 e. The molecule has 206 valence electrons. The molecule has 2 amide bonds. The predicted molar refractivity (Wildman–Crippen MR) is 137 cm³/mol. The Hall–Kier alpha value is -1.67. The summed E-state index contributed by atoms with van der Waals surface area (Å²) in [6.07, 6.45) is 2.95. The molecule has 8 nitrogen and oxygen atoms in total. The van der Waals surface area contributed by atoms with Gasteiger partial charge in [-0.3, -0.25) is 14.4 Å². The third kappa shape index (κ3) is 4.92. The summed E-state index contributed by atoms with van der Waals surface area (Å²) in [4.78, 5) is 43.1. The van der Waals surface area contributed by atoms with Gasteiger partial charge in [-0.25, -0.2) is 0 Å². The highest BCUT2D eigenvalue weighted by Crippen LogP contribution is 2.64. The third-order valence-electron chi connectivity index (χ3n) is 8.19. The van der Waals surface area contributed by atoms with Crippen LogP contribution < -0.4 is 5.32 Å². The van der Waals surface area contributed by atoms with Crippen molar-refractivity contribution in [1.82, 2.24) is 10.2 Å². The second-order valence-electron chi connectivity index (χ2n) is 13.4.